The highest BCUT2D eigenvalue weighted by atomic mass is 32.1. The second-order valence-corrected chi connectivity index (χ2v) is 8.14. The first-order valence-electron chi connectivity index (χ1n) is 10.2. The van der Waals surface area contributed by atoms with Crippen LogP contribution in [0.5, 0.6) is 11.5 Å². The van der Waals surface area contributed by atoms with E-state index in [1.807, 2.05) is 6.07 Å². The smallest absolute Gasteiger partial charge is 0.416 e. The molecule has 0 fully saturated rings. The van der Waals surface area contributed by atoms with Gasteiger partial charge in [-0.25, -0.2) is 5.43 Å². The Morgan fingerprint density at radius 2 is 1.97 bits per heavy atom. The Labute approximate surface area is 193 Å². The Balaban J connectivity index is 1.66. The number of methoxy groups -OCH3 is 1. The number of hydrazone groups is 1. The monoisotopic (exact) mass is 476 g/mol. The van der Waals surface area contributed by atoms with E-state index in [0.29, 0.717) is 28.2 Å². The lowest BCUT2D eigenvalue weighted by Crippen LogP contribution is -2.16. The van der Waals surface area contributed by atoms with Crippen molar-refractivity contribution in [2.75, 3.05) is 7.11 Å². The summed E-state index contributed by atoms with van der Waals surface area (Å²) in [7, 11) is 1.47. The van der Waals surface area contributed by atoms with E-state index in [1.165, 1.54) is 30.7 Å². The molecule has 1 heterocycles. The molecule has 9 heteroatoms. The van der Waals surface area contributed by atoms with Crippen LogP contribution in [-0.2, 0) is 19.2 Å². The number of hydrogen-bond acceptors (Lipinski definition) is 5. The van der Waals surface area contributed by atoms with Gasteiger partial charge in [-0.05, 0) is 53.9 Å². The molecule has 0 saturated heterocycles. The number of nitrogens with one attached hydrogen (secondary N) is 1. The number of amides is 1. The van der Waals surface area contributed by atoms with Gasteiger partial charge in [-0.3, -0.25) is 4.79 Å². The maximum Gasteiger partial charge on any atom is 0.416 e. The van der Waals surface area contributed by atoms with Crippen LogP contribution in [-0.4, -0.2) is 19.2 Å². The standard InChI is InChI=1S/C24H23F3N2O3S/c1-3-5-20-12-18(15-33-20)23(30)29-28-13-16-8-9-21(31-2)22(11-16)32-14-17-6-4-7-19(10-17)24(25,26)27/h4,6-13,15H,3,5,14H2,1-2H3,(H,29,30)/b28-13+. The minimum absolute atomic E-state index is 0.0736. The number of hydrogen-bond donors (Lipinski definition) is 1. The van der Waals surface area contributed by atoms with Crippen LogP contribution in [0.15, 0.2) is 59.0 Å². The van der Waals surface area contributed by atoms with Gasteiger partial charge in [0.15, 0.2) is 11.5 Å². The fraction of sp³-hybridized carbons (Fsp3) is 0.250. The molecule has 3 rings (SSSR count). The molecular formula is C24H23F3N2O3S. The predicted molar refractivity (Wildman–Crippen MR) is 122 cm³/mol. The molecule has 1 N–H and O–H groups in total. The molecule has 174 valence electrons. The van der Waals surface area contributed by atoms with Gasteiger partial charge >= 0.3 is 6.18 Å². The molecule has 1 aromatic heterocycles. The fourth-order valence-electron chi connectivity index (χ4n) is 2.99. The normalized spacial score (nSPS) is 11.5. The molecule has 0 bridgehead atoms. The van der Waals surface area contributed by atoms with Crippen LogP contribution in [0.2, 0.25) is 0 Å². The van der Waals surface area contributed by atoms with Crippen LogP contribution < -0.4 is 14.9 Å². The summed E-state index contributed by atoms with van der Waals surface area (Å²) in [6, 6.07) is 11.8. The number of nitrogens with zero attached hydrogens (tertiary/aromatic N) is 1. The van der Waals surface area contributed by atoms with Crippen molar-refractivity contribution in [3.63, 3.8) is 0 Å². The average molecular weight is 477 g/mol. The molecule has 1 amide bonds. The summed E-state index contributed by atoms with van der Waals surface area (Å²) < 4.78 is 49.7. The van der Waals surface area contributed by atoms with E-state index < -0.39 is 11.7 Å². The first-order chi connectivity index (χ1) is 15.8. The Morgan fingerprint density at radius 1 is 1.15 bits per heavy atom. The second-order valence-electron chi connectivity index (χ2n) is 7.15. The quantitative estimate of drug-likeness (QED) is 0.301. The number of rotatable bonds is 9. The Bertz CT molecular complexity index is 1130. The van der Waals surface area contributed by atoms with Crippen molar-refractivity contribution in [1.29, 1.82) is 0 Å². The highest BCUT2D eigenvalue weighted by Crippen LogP contribution is 2.31. The van der Waals surface area contributed by atoms with Crippen molar-refractivity contribution < 1.29 is 27.4 Å². The number of halogens is 3. The third-order valence-electron chi connectivity index (χ3n) is 4.63. The van der Waals surface area contributed by atoms with Crippen molar-refractivity contribution in [3.05, 3.63) is 81.0 Å². The molecule has 0 aliphatic carbocycles. The molecule has 0 radical (unpaired) electrons. The molecule has 33 heavy (non-hydrogen) atoms. The molecule has 0 aliphatic rings. The molecule has 3 aromatic rings. The number of ether oxygens (including phenoxy) is 2. The average Bonchev–Trinajstić information content (AvgIpc) is 3.26. The lowest BCUT2D eigenvalue weighted by Gasteiger charge is -2.13. The zero-order valence-corrected chi connectivity index (χ0v) is 18.9. The van der Waals surface area contributed by atoms with Crippen LogP contribution in [0.1, 0.15) is 45.3 Å². The van der Waals surface area contributed by atoms with Crippen LogP contribution in [0.25, 0.3) is 0 Å². The first kappa shape index (κ1) is 24.3. The number of carbonyl (C=O) groups excluding carboxylic acids is 1. The van der Waals surface area contributed by atoms with Gasteiger partial charge < -0.3 is 9.47 Å². The summed E-state index contributed by atoms with van der Waals surface area (Å²) in [5.41, 5.74) is 3.30. The van der Waals surface area contributed by atoms with Gasteiger partial charge in [0, 0.05) is 10.3 Å². The number of carbonyl (C=O) groups is 1. The fourth-order valence-corrected chi connectivity index (χ4v) is 3.96. The molecular weight excluding hydrogens is 453 g/mol. The molecule has 0 unspecified atom stereocenters. The number of thiophene rings is 1. The van der Waals surface area contributed by atoms with Gasteiger partial charge in [0.25, 0.3) is 5.91 Å². The molecule has 0 spiro atoms. The van der Waals surface area contributed by atoms with Gasteiger partial charge in [-0.2, -0.15) is 18.3 Å². The number of alkyl halides is 3. The van der Waals surface area contributed by atoms with E-state index in [0.717, 1.165) is 29.9 Å². The van der Waals surface area contributed by atoms with Crippen molar-refractivity contribution in [3.8, 4) is 11.5 Å². The van der Waals surface area contributed by atoms with E-state index in [1.54, 1.807) is 29.6 Å². The highest BCUT2D eigenvalue weighted by Gasteiger charge is 2.30. The lowest BCUT2D eigenvalue weighted by molar-refractivity contribution is -0.137. The van der Waals surface area contributed by atoms with Gasteiger partial charge in [0.2, 0.25) is 0 Å². The third kappa shape index (κ3) is 6.82. The summed E-state index contributed by atoms with van der Waals surface area (Å²) in [6.45, 7) is 2.01. The van der Waals surface area contributed by atoms with Gasteiger partial charge in [-0.15, -0.1) is 11.3 Å². The predicted octanol–water partition coefficient (Wildman–Crippen LogP) is 6.07. The topological polar surface area (TPSA) is 59.9 Å². The Kier molecular flexibility index (Phi) is 8.11. The minimum atomic E-state index is -4.42. The van der Waals surface area contributed by atoms with Crippen LogP contribution in [0.4, 0.5) is 13.2 Å². The van der Waals surface area contributed by atoms with Crippen LogP contribution >= 0.6 is 11.3 Å². The second kappa shape index (κ2) is 11.0. The summed E-state index contributed by atoms with van der Waals surface area (Å²) in [5, 5.41) is 5.78. The van der Waals surface area contributed by atoms with E-state index in [9.17, 15) is 18.0 Å². The highest BCUT2D eigenvalue weighted by molar-refractivity contribution is 7.10. The third-order valence-corrected chi connectivity index (χ3v) is 5.62. The Morgan fingerprint density at radius 3 is 2.70 bits per heavy atom. The number of benzene rings is 2. The Hall–Kier alpha value is -3.33. The summed E-state index contributed by atoms with van der Waals surface area (Å²) >= 11 is 1.54. The SMILES string of the molecule is CCCc1cc(C(=O)N/N=C/c2ccc(OC)c(OCc3cccc(C(F)(F)F)c3)c2)cs1. The zero-order valence-electron chi connectivity index (χ0n) is 18.1. The molecule has 0 aliphatic heterocycles. The summed E-state index contributed by atoms with van der Waals surface area (Å²) in [6.07, 6.45) is -1.03. The molecule has 0 saturated carbocycles. The van der Waals surface area contributed by atoms with Crippen LogP contribution in [0, 0.1) is 0 Å². The van der Waals surface area contributed by atoms with Crippen molar-refractivity contribution in [2.24, 2.45) is 5.10 Å². The number of aryl methyl sites for hydroxylation is 1. The summed E-state index contributed by atoms with van der Waals surface area (Å²) in [4.78, 5) is 13.4. The van der Waals surface area contributed by atoms with E-state index in [-0.39, 0.29) is 12.5 Å². The lowest BCUT2D eigenvalue weighted by atomic mass is 10.1. The summed E-state index contributed by atoms with van der Waals surface area (Å²) in [5.74, 6) is 0.455. The molecule has 0 atom stereocenters. The maximum atomic E-state index is 12.9. The van der Waals surface area contributed by atoms with Crippen molar-refractivity contribution in [1.82, 2.24) is 5.43 Å². The van der Waals surface area contributed by atoms with E-state index in [4.69, 9.17) is 9.47 Å². The zero-order chi connectivity index (χ0) is 23.8. The maximum absolute atomic E-state index is 12.9. The molecule has 5 nitrogen and oxygen atoms in total. The first-order valence-corrected chi connectivity index (χ1v) is 11.1. The van der Waals surface area contributed by atoms with E-state index >= 15 is 0 Å². The van der Waals surface area contributed by atoms with Gasteiger partial charge in [0.05, 0.1) is 24.5 Å². The minimum Gasteiger partial charge on any atom is -0.493 e. The van der Waals surface area contributed by atoms with Crippen molar-refractivity contribution >= 4 is 23.5 Å². The van der Waals surface area contributed by atoms with Gasteiger partial charge in [0.1, 0.15) is 6.61 Å². The van der Waals surface area contributed by atoms with Crippen molar-refractivity contribution in [2.45, 2.75) is 32.5 Å². The van der Waals surface area contributed by atoms with E-state index in [2.05, 4.69) is 17.5 Å². The van der Waals surface area contributed by atoms with Crippen LogP contribution in [0.3, 0.4) is 0 Å². The molecule has 2 aromatic carbocycles. The largest absolute Gasteiger partial charge is 0.493 e. The van der Waals surface area contributed by atoms with Gasteiger partial charge in [-0.1, -0.05) is 25.5 Å².